The number of piperidine rings is 1. The Balaban J connectivity index is 1.86. The molecule has 0 bridgehead atoms. The molecule has 0 aliphatic carbocycles. The Hall–Kier alpha value is -1.95. The molecule has 2 fully saturated rings. The maximum absolute atomic E-state index is 14.1. The van der Waals surface area contributed by atoms with E-state index in [1.807, 2.05) is 4.90 Å². The summed E-state index contributed by atoms with van der Waals surface area (Å²) < 4.78 is 14.1. The zero-order valence-corrected chi connectivity index (χ0v) is 11.7. The Morgan fingerprint density at radius 1 is 1.19 bits per heavy atom. The first kappa shape index (κ1) is 14.0. The number of halogens is 1. The van der Waals surface area contributed by atoms with Gasteiger partial charge in [-0.2, -0.15) is 0 Å². The summed E-state index contributed by atoms with van der Waals surface area (Å²) in [5, 5.41) is 5.57. The highest BCUT2D eigenvalue weighted by Crippen LogP contribution is 2.29. The van der Waals surface area contributed by atoms with E-state index in [-0.39, 0.29) is 23.5 Å². The van der Waals surface area contributed by atoms with E-state index in [2.05, 4.69) is 10.6 Å². The van der Waals surface area contributed by atoms with Crippen LogP contribution in [0.25, 0.3) is 0 Å². The quantitative estimate of drug-likeness (QED) is 0.790. The van der Waals surface area contributed by atoms with Crippen molar-refractivity contribution in [3.05, 3.63) is 29.6 Å². The van der Waals surface area contributed by atoms with Crippen LogP contribution in [0.5, 0.6) is 0 Å². The van der Waals surface area contributed by atoms with E-state index in [0.29, 0.717) is 18.5 Å². The average Bonchev–Trinajstić information content (AvgIpc) is 2.49. The summed E-state index contributed by atoms with van der Waals surface area (Å²) >= 11 is 0. The SMILES string of the molecule is O=C1CCC(c2ccc(F)c(N3CCNCC3)c2)C(=O)N1. The summed E-state index contributed by atoms with van der Waals surface area (Å²) in [6, 6.07) is 4.80. The first-order valence-corrected chi connectivity index (χ1v) is 7.24. The first-order valence-electron chi connectivity index (χ1n) is 7.24. The number of imide groups is 1. The van der Waals surface area contributed by atoms with Crippen LogP contribution in [0.1, 0.15) is 24.3 Å². The number of rotatable bonds is 2. The Bertz CT molecular complexity index is 570. The van der Waals surface area contributed by atoms with Crippen LogP contribution in [-0.2, 0) is 9.59 Å². The number of hydrogen-bond donors (Lipinski definition) is 2. The van der Waals surface area contributed by atoms with Gasteiger partial charge in [0.1, 0.15) is 5.82 Å². The summed E-state index contributed by atoms with van der Waals surface area (Å²) in [6.45, 7) is 3.13. The Labute approximate surface area is 122 Å². The topological polar surface area (TPSA) is 61.4 Å². The minimum Gasteiger partial charge on any atom is -0.367 e. The molecule has 3 rings (SSSR count). The van der Waals surface area contributed by atoms with Crippen molar-refractivity contribution in [3.8, 4) is 0 Å². The lowest BCUT2D eigenvalue weighted by atomic mass is 9.90. The van der Waals surface area contributed by atoms with Gasteiger partial charge in [-0.1, -0.05) is 6.07 Å². The number of carbonyl (C=O) groups excluding carboxylic acids is 2. The lowest BCUT2D eigenvalue weighted by Gasteiger charge is -2.30. The maximum atomic E-state index is 14.1. The lowest BCUT2D eigenvalue weighted by molar-refractivity contribution is -0.134. The van der Waals surface area contributed by atoms with Crippen LogP contribution < -0.4 is 15.5 Å². The molecule has 0 saturated carbocycles. The molecule has 6 heteroatoms. The molecular formula is C15H18FN3O2. The van der Waals surface area contributed by atoms with Gasteiger partial charge in [0.2, 0.25) is 11.8 Å². The lowest BCUT2D eigenvalue weighted by Crippen LogP contribution is -2.44. The highest BCUT2D eigenvalue weighted by atomic mass is 19.1. The molecule has 2 N–H and O–H groups in total. The van der Waals surface area contributed by atoms with Gasteiger partial charge in [-0.3, -0.25) is 14.9 Å². The summed E-state index contributed by atoms with van der Waals surface area (Å²) in [5.41, 5.74) is 1.31. The van der Waals surface area contributed by atoms with E-state index < -0.39 is 0 Å². The summed E-state index contributed by atoms with van der Waals surface area (Å²) in [7, 11) is 0. The van der Waals surface area contributed by atoms with Gasteiger partial charge in [-0.15, -0.1) is 0 Å². The molecule has 5 nitrogen and oxygen atoms in total. The van der Waals surface area contributed by atoms with E-state index in [4.69, 9.17) is 0 Å². The van der Waals surface area contributed by atoms with Gasteiger partial charge < -0.3 is 10.2 Å². The second-order valence-electron chi connectivity index (χ2n) is 5.45. The molecule has 1 atom stereocenters. The smallest absolute Gasteiger partial charge is 0.234 e. The molecule has 21 heavy (non-hydrogen) atoms. The molecule has 1 aromatic carbocycles. The van der Waals surface area contributed by atoms with Crippen molar-refractivity contribution < 1.29 is 14.0 Å². The molecule has 0 aromatic heterocycles. The fraction of sp³-hybridized carbons (Fsp3) is 0.467. The third kappa shape index (κ3) is 2.90. The molecule has 2 aliphatic heterocycles. The van der Waals surface area contributed by atoms with Crippen molar-refractivity contribution in [2.45, 2.75) is 18.8 Å². The van der Waals surface area contributed by atoms with E-state index >= 15 is 0 Å². The predicted molar refractivity (Wildman–Crippen MR) is 76.6 cm³/mol. The number of nitrogens with one attached hydrogen (secondary N) is 2. The van der Waals surface area contributed by atoms with E-state index in [1.54, 1.807) is 12.1 Å². The molecule has 2 heterocycles. The highest BCUT2D eigenvalue weighted by molar-refractivity contribution is 6.01. The van der Waals surface area contributed by atoms with E-state index in [1.165, 1.54) is 6.07 Å². The molecule has 0 radical (unpaired) electrons. The van der Waals surface area contributed by atoms with Crippen LogP contribution in [0.3, 0.4) is 0 Å². The van der Waals surface area contributed by atoms with Gasteiger partial charge >= 0.3 is 0 Å². The maximum Gasteiger partial charge on any atom is 0.234 e. The second-order valence-corrected chi connectivity index (χ2v) is 5.45. The van der Waals surface area contributed by atoms with Crippen LogP contribution in [0.2, 0.25) is 0 Å². The molecule has 1 aromatic rings. The average molecular weight is 291 g/mol. The van der Waals surface area contributed by atoms with Crippen molar-refractivity contribution in [2.24, 2.45) is 0 Å². The molecule has 2 aliphatic rings. The van der Waals surface area contributed by atoms with Gasteiger partial charge in [0.05, 0.1) is 11.6 Å². The van der Waals surface area contributed by atoms with Gasteiger partial charge in [-0.25, -0.2) is 4.39 Å². The number of hydrogen-bond acceptors (Lipinski definition) is 4. The second kappa shape index (κ2) is 5.81. The predicted octanol–water partition coefficient (Wildman–Crippen LogP) is 0.755. The van der Waals surface area contributed by atoms with Gasteiger partial charge in [0, 0.05) is 32.6 Å². The highest BCUT2D eigenvalue weighted by Gasteiger charge is 2.29. The zero-order chi connectivity index (χ0) is 14.8. The van der Waals surface area contributed by atoms with Crippen molar-refractivity contribution in [1.82, 2.24) is 10.6 Å². The fourth-order valence-corrected chi connectivity index (χ4v) is 2.91. The molecule has 0 spiro atoms. The largest absolute Gasteiger partial charge is 0.367 e. The van der Waals surface area contributed by atoms with Crippen molar-refractivity contribution in [1.29, 1.82) is 0 Å². The number of carbonyl (C=O) groups is 2. The van der Waals surface area contributed by atoms with E-state index in [0.717, 1.165) is 31.7 Å². The fourth-order valence-electron chi connectivity index (χ4n) is 2.91. The van der Waals surface area contributed by atoms with Crippen LogP contribution in [0, 0.1) is 5.82 Å². The van der Waals surface area contributed by atoms with Crippen molar-refractivity contribution in [2.75, 3.05) is 31.1 Å². The standard InChI is InChI=1S/C15H18FN3O2/c16-12-3-1-10(11-2-4-14(20)18-15(11)21)9-13(12)19-7-5-17-6-8-19/h1,3,9,11,17H,2,4-8H2,(H,18,20,21). The molecule has 112 valence electrons. The summed E-state index contributed by atoms with van der Waals surface area (Å²) in [6.07, 6.45) is 0.814. The zero-order valence-electron chi connectivity index (χ0n) is 11.7. The number of piperazine rings is 1. The molecule has 2 amide bonds. The third-order valence-corrected chi connectivity index (χ3v) is 4.07. The number of amides is 2. The first-order chi connectivity index (χ1) is 10.1. The monoisotopic (exact) mass is 291 g/mol. The Morgan fingerprint density at radius 3 is 2.67 bits per heavy atom. The van der Waals surface area contributed by atoms with E-state index in [9.17, 15) is 14.0 Å². The van der Waals surface area contributed by atoms with Crippen LogP contribution in [-0.4, -0.2) is 38.0 Å². The van der Waals surface area contributed by atoms with Gasteiger partial charge in [0.15, 0.2) is 0 Å². The van der Waals surface area contributed by atoms with Crippen molar-refractivity contribution in [3.63, 3.8) is 0 Å². The van der Waals surface area contributed by atoms with Crippen LogP contribution >= 0.6 is 0 Å². The molecule has 1 unspecified atom stereocenters. The number of benzene rings is 1. The van der Waals surface area contributed by atoms with Gasteiger partial charge in [0.25, 0.3) is 0 Å². The minimum atomic E-state index is -0.370. The van der Waals surface area contributed by atoms with Crippen LogP contribution in [0.15, 0.2) is 18.2 Å². The number of nitrogens with zero attached hydrogens (tertiary/aromatic N) is 1. The Kier molecular flexibility index (Phi) is 3.88. The summed E-state index contributed by atoms with van der Waals surface area (Å²) in [4.78, 5) is 25.1. The van der Waals surface area contributed by atoms with Crippen LogP contribution in [0.4, 0.5) is 10.1 Å². The minimum absolute atomic E-state index is 0.235. The summed E-state index contributed by atoms with van der Waals surface area (Å²) in [5.74, 6) is -1.16. The molecule has 2 saturated heterocycles. The third-order valence-electron chi connectivity index (χ3n) is 4.07. The number of anilines is 1. The normalized spacial score (nSPS) is 23.1. The Morgan fingerprint density at radius 2 is 1.95 bits per heavy atom. The van der Waals surface area contributed by atoms with Gasteiger partial charge in [-0.05, 0) is 24.1 Å². The van der Waals surface area contributed by atoms with Crippen molar-refractivity contribution >= 4 is 17.5 Å². The molecular weight excluding hydrogens is 273 g/mol.